The first-order valence-corrected chi connectivity index (χ1v) is 4.79. The Morgan fingerprint density at radius 1 is 1.30 bits per heavy atom. The molecule has 0 spiro atoms. The third kappa shape index (κ3) is 0.681. The van der Waals surface area contributed by atoms with E-state index in [9.17, 15) is 0 Å². The van der Waals surface area contributed by atoms with Gasteiger partial charge in [0.2, 0.25) is 0 Å². The van der Waals surface area contributed by atoms with Gasteiger partial charge < -0.3 is 0 Å². The molecule has 0 amide bonds. The van der Waals surface area contributed by atoms with E-state index in [0.29, 0.717) is 0 Å². The van der Waals surface area contributed by atoms with Crippen molar-refractivity contribution in [2.45, 2.75) is 46.0 Å². The molecule has 2 aliphatic rings. The molecule has 2 unspecified atom stereocenters. The lowest BCUT2D eigenvalue weighted by molar-refractivity contribution is 0.387. The van der Waals surface area contributed by atoms with Crippen molar-refractivity contribution in [3.05, 3.63) is 0 Å². The van der Waals surface area contributed by atoms with E-state index in [2.05, 4.69) is 13.8 Å². The Morgan fingerprint density at radius 2 is 1.90 bits per heavy atom. The summed E-state index contributed by atoms with van der Waals surface area (Å²) >= 11 is 0. The molecule has 0 heterocycles. The normalized spacial score (nSPS) is 51.0. The first kappa shape index (κ1) is 6.69. The fourth-order valence-electron chi connectivity index (χ4n) is 3.29. The van der Waals surface area contributed by atoms with Gasteiger partial charge in [0.15, 0.2) is 0 Å². The van der Waals surface area contributed by atoms with Crippen LogP contribution in [-0.4, -0.2) is 0 Å². The lowest BCUT2D eigenvalue weighted by Gasteiger charge is -2.12. The van der Waals surface area contributed by atoms with Gasteiger partial charge in [-0.05, 0) is 36.5 Å². The molecule has 2 aliphatic carbocycles. The van der Waals surface area contributed by atoms with Gasteiger partial charge >= 0.3 is 0 Å². The average Bonchev–Trinajstić information content (AvgIpc) is 2.30. The van der Waals surface area contributed by atoms with Crippen LogP contribution < -0.4 is 0 Å². The highest BCUT2D eigenvalue weighted by Crippen LogP contribution is 2.69. The van der Waals surface area contributed by atoms with E-state index in [1.807, 2.05) is 0 Å². The van der Waals surface area contributed by atoms with Gasteiger partial charge in [0.05, 0.1) is 0 Å². The highest BCUT2D eigenvalue weighted by atomic mass is 14.7. The monoisotopic (exact) mass is 138 g/mol. The Bertz CT molecular complexity index is 127. The minimum atomic E-state index is 0.812. The number of hydrogen-bond acceptors (Lipinski definition) is 0. The molecule has 0 N–H and O–H groups in total. The maximum Gasteiger partial charge on any atom is -0.0264 e. The number of fused-ring (bicyclic) bond motifs is 1. The number of hydrogen-bond donors (Lipinski definition) is 0. The molecule has 2 rings (SSSR count). The Labute approximate surface area is 64.0 Å². The fraction of sp³-hybridized carbons (Fsp3) is 1.00. The van der Waals surface area contributed by atoms with Gasteiger partial charge in [0, 0.05) is 0 Å². The van der Waals surface area contributed by atoms with E-state index < -0.39 is 0 Å². The molecule has 0 heteroatoms. The molecule has 0 saturated heterocycles. The van der Waals surface area contributed by atoms with Crippen LogP contribution in [-0.2, 0) is 0 Å². The zero-order valence-electron chi connectivity index (χ0n) is 7.19. The van der Waals surface area contributed by atoms with Gasteiger partial charge in [-0.15, -0.1) is 0 Å². The summed E-state index contributed by atoms with van der Waals surface area (Å²) in [6, 6.07) is 0. The van der Waals surface area contributed by atoms with Crippen LogP contribution in [0.2, 0.25) is 0 Å². The summed E-state index contributed by atoms with van der Waals surface area (Å²) in [5.41, 5.74) is 0.812. The molecule has 0 aromatic heterocycles. The average molecular weight is 138 g/mol. The summed E-state index contributed by atoms with van der Waals surface area (Å²) in [5, 5.41) is 0. The minimum Gasteiger partial charge on any atom is -0.0654 e. The molecule has 2 saturated carbocycles. The van der Waals surface area contributed by atoms with Crippen LogP contribution in [0.15, 0.2) is 0 Å². The third-order valence-electron chi connectivity index (χ3n) is 3.89. The smallest absolute Gasteiger partial charge is 0.0264 e. The van der Waals surface area contributed by atoms with Gasteiger partial charge in [-0.3, -0.25) is 0 Å². The summed E-state index contributed by atoms with van der Waals surface area (Å²) < 4.78 is 0. The molecule has 0 aliphatic heterocycles. The van der Waals surface area contributed by atoms with Gasteiger partial charge in [-0.25, -0.2) is 0 Å². The van der Waals surface area contributed by atoms with Gasteiger partial charge in [0.25, 0.3) is 0 Å². The van der Waals surface area contributed by atoms with Crippen LogP contribution in [0.5, 0.6) is 0 Å². The zero-order chi connectivity index (χ0) is 7.19. The Kier molecular flexibility index (Phi) is 1.33. The molecule has 0 aromatic rings. The second-order valence-electron chi connectivity index (χ2n) is 4.40. The summed E-state index contributed by atoms with van der Waals surface area (Å²) in [7, 11) is 0. The summed E-state index contributed by atoms with van der Waals surface area (Å²) in [4.78, 5) is 0. The van der Waals surface area contributed by atoms with Crippen molar-refractivity contribution in [1.82, 2.24) is 0 Å². The molecule has 58 valence electrons. The SMILES string of the molecule is CCCC1(C)C2CCCC21. The van der Waals surface area contributed by atoms with E-state index in [1.165, 1.54) is 19.3 Å². The largest absolute Gasteiger partial charge is 0.0654 e. The molecular weight excluding hydrogens is 120 g/mol. The van der Waals surface area contributed by atoms with Crippen LogP contribution in [0.25, 0.3) is 0 Å². The van der Waals surface area contributed by atoms with E-state index in [1.54, 1.807) is 12.8 Å². The second kappa shape index (κ2) is 1.99. The van der Waals surface area contributed by atoms with Gasteiger partial charge in [0.1, 0.15) is 0 Å². The Hall–Kier alpha value is 0. The second-order valence-corrected chi connectivity index (χ2v) is 4.40. The molecular formula is C10H18. The maximum atomic E-state index is 2.50. The van der Waals surface area contributed by atoms with Gasteiger partial charge in [-0.2, -0.15) is 0 Å². The molecule has 0 aromatic carbocycles. The maximum absolute atomic E-state index is 2.50. The van der Waals surface area contributed by atoms with Crippen molar-refractivity contribution < 1.29 is 0 Å². The topological polar surface area (TPSA) is 0 Å². The van der Waals surface area contributed by atoms with Crippen molar-refractivity contribution in [2.24, 2.45) is 17.3 Å². The summed E-state index contributed by atoms with van der Waals surface area (Å²) in [6.07, 6.45) is 7.49. The predicted octanol–water partition coefficient (Wildman–Crippen LogP) is 3.22. The third-order valence-corrected chi connectivity index (χ3v) is 3.89. The Morgan fingerprint density at radius 3 is 2.40 bits per heavy atom. The van der Waals surface area contributed by atoms with E-state index in [4.69, 9.17) is 0 Å². The fourth-order valence-corrected chi connectivity index (χ4v) is 3.29. The zero-order valence-corrected chi connectivity index (χ0v) is 7.19. The molecule has 2 atom stereocenters. The van der Waals surface area contributed by atoms with Crippen molar-refractivity contribution in [3.63, 3.8) is 0 Å². The van der Waals surface area contributed by atoms with Crippen LogP contribution in [0.3, 0.4) is 0 Å². The lowest BCUT2D eigenvalue weighted by Crippen LogP contribution is -2.01. The molecule has 0 bridgehead atoms. The predicted molar refractivity (Wildman–Crippen MR) is 43.8 cm³/mol. The van der Waals surface area contributed by atoms with Crippen molar-refractivity contribution in [2.75, 3.05) is 0 Å². The van der Waals surface area contributed by atoms with E-state index >= 15 is 0 Å². The van der Waals surface area contributed by atoms with Crippen LogP contribution >= 0.6 is 0 Å². The molecule has 0 radical (unpaired) electrons. The lowest BCUT2D eigenvalue weighted by atomic mass is 9.93. The summed E-state index contributed by atoms with van der Waals surface area (Å²) in [5.74, 6) is 2.29. The van der Waals surface area contributed by atoms with Crippen LogP contribution in [0.1, 0.15) is 46.0 Å². The van der Waals surface area contributed by atoms with Crippen molar-refractivity contribution in [1.29, 1.82) is 0 Å². The van der Waals surface area contributed by atoms with Gasteiger partial charge in [-0.1, -0.05) is 26.7 Å². The van der Waals surface area contributed by atoms with E-state index in [0.717, 1.165) is 17.3 Å². The van der Waals surface area contributed by atoms with Crippen LogP contribution in [0.4, 0.5) is 0 Å². The molecule has 10 heavy (non-hydrogen) atoms. The molecule has 0 nitrogen and oxygen atoms in total. The highest BCUT2D eigenvalue weighted by Gasteiger charge is 2.61. The first-order valence-electron chi connectivity index (χ1n) is 4.79. The van der Waals surface area contributed by atoms with Crippen molar-refractivity contribution in [3.8, 4) is 0 Å². The molecule has 2 fully saturated rings. The van der Waals surface area contributed by atoms with Crippen molar-refractivity contribution >= 4 is 0 Å². The standard InChI is InChI=1S/C10H18/c1-3-7-10(2)8-5-4-6-9(8)10/h8-9H,3-7H2,1-2H3. The quantitative estimate of drug-likeness (QED) is 0.549. The van der Waals surface area contributed by atoms with Crippen LogP contribution in [0, 0.1) is 17.3 Å². The Balaban J connectivity index is 1.96. The minimum absolute atomic E-state index is 0.812. The summed E-state index contributed by atoms with van der Waals surface area (Å²) in [6.45, 7) is 4.82. The first-order chi connectivity index (χ1) is 4.79. The van der Waals surface area contributed by atoms with E-state index in [-0.39, 0.29) is 0 Å². The number of rotatable bonds is 2. The highest BCUT2D eigenvalue weighted by molar-refractivity contribution is 5.10.